The number of aryl methyl sites for hydroxylation is 2. The number of anilines is 1. The van der Waals surface area contributed by atoms with Gasteiger partial charge in [-0.1, -0.05) is 48.5 Å². The molecule has 1 aliphatic rings. The molecule has 0 fully saturated rings. The van der Waals surface area contributed by atoms with E-state index in [0.29, 0.717) is 5.69 Å². The monoisotopic (exact) mass is 456 g/mol. The van der Waals surface area contributed by atoms with Gasteiger partial charge >= 0.3 is 5.97 Å². The van der Waals surface area contributed by atoms with Crippen LogP contribution in [0.1, 0.15) is 37.4 Å². The van der Waals surface area contributed by atoms with Crippen LogP contribution in [-0.4, -0.2) is 41.2 Å². The van der Waals surface area contributed by atoms with Crippen molar-refractivity contribution < 1.29 is 23.9 Å². The summed E-state index contributed by atoms with van der Waals surface area (Å²) in [6.45, 7) is 3.36. The van der Waals surface area contributed by atoms with Crippen molar-refractivity contribution in [2.24, 2.45) is 0 Å². The minimum absolute atomic E-state index is 0.0733. The third-order valence-electron chi connectivity index (χ3n) is 5.82. The summed E-state index contributed by atoms with van der Waals surface area (Å²) in [6, 6.07) is 19.7. The molecule has 3 aromatic carbocycles. The quantitative estimate of drug-likeness (QED) is 0.432. The van der Waals surface area contributed by atoms with E-state index in [2.05, 4.69) is 5.32 Å². The molecule has 0 spiro atoms. The van der Waals surface area contributed by atoms with Crippen molar-refractivity contribution in [1.82, 2.24) is 4.90 Å². The number of rotatable bonds is 7. The van der Waals surface area contributed by atoms with Crippen LogP contribution in [0.3, 0.4) is 0 Å². The van der Waals surface area contributed by atoms with E-state index in [1.165, 1.54) is 0 Å². The third kappa shape index (κ3) is 4.73. The van der Waals surface area contributed by atoms with Crippen LogP contribution < -0.4 is 5.32 Å². The number of nitrogens with zero attached hydrogens (tertiary/aromatic N) is 1. The topological polar surface area (TPSA) is 92.8 Å². The zero-order chi connectivity index (χ0) is 24.2. The van der Waals surface area contributed by atoms with Crippen molar-refractivity contribution >= 4 is 29.4 Å². The maximum atomic E-state index is 13.1. The van der Waals surface area contributed by atoms with Crippen LogP contribution in [0.2, 0.25) is 0 Å². The number of esters is 1. The fourth-order valence-corrected chi connectivity index (χ4v) is 3.86. The first-order valence-electron chi connectivity index (χ1n) is 10.9. The number of ether oxygens (including phenoxy) is 1. The third-order valence-corrected chi connectivity index (χ3v) is 5.82. The molecular formula is C27H24N2O5. The number of nitrogens with one attached hydrogen (secondary N) is 1. The van der Waals surface area contributed by atoms with Gasteiger partial charge in [0.15, 0.2) is 6.61 Å². The van der Waals surface area contributed by atoms with Crippen molar-refractivity contribution in [3.8, 4) is 0 Å². The van der Waals surface area contributed by atoms with Gasteiger partial charge in [-0.05, 0) is 54.8 Å². The second-order valence-corrected chi connectivity index (χ2v) is 8.19. The normalized spacial score (nSPS) is 13.4. The zero-order valence-electron chi connectivity index (χ0n) is 18.9. The van der Waals surface area contributed by atoms with Crippen LogP contribution in [-0.2, 0) is 20.7 Å². The summed E-state index contributed by atoms with van der Waals surface area (Å²) >= 11 is 0. The molecule has 0 radical (unpaired) electrons. The molecule has 0 bridgehead atoms. The van der Waals surface area contributed by atoms with Gasteiger partial charge in [0.1, 0.15) is 6.04 Å². The number of carbonyl (C=O) groups is 4. The highest BCUT2D eigenvalue weighted by Gasteiger charge is 2.43. The highest BCUT2D eigenvalue weighted by molar-refractivity contribution is 6.22. The summed E-state index contributed by atoms with van der Waals surface area (Å²) in [5.41, 5.74) is 3.93. The lowest BCUT2D eigenvalue weighted by molar-refractivity contribution is -0.151. The number of hydrogen-bond acceptors (Lipinski definition) is 5. The molecule has 1 aliphatic heterocycles. The highest BCUT2D eigenvalue weighted by Crippen LogP contribution is 2.26. The number of hydrogen-bond donors (Lipinski definition) is 1. The summed E-state index contributed by atoms with van der Waals surface area (Å²) in [5, 5.41) is 2.69. The number of carbonyl (C=O) groups excluding carboxylic acids is 4. The van der Waals surface area contributed by atoms with Crippen molar-refractivity contribution in [3.05, 3.63) is 101 Å². The SMILES string of the molecule is Cc1ccc(NC(=O)COC(=O)[C@H](Cc2ccccc2)N2C(=O)c3ccccc3C2=O)cc1C. The van der Waals surface area contributed by atoms with E-state index in [4.69, 9.17) is 4.74 Å². The molecule has 3 aromatic rings. The van der Waals surface area contributed by atoms with Crippen LogP contribution in [0.15, 0.2) is 72.8 Å². The van der Waals surface area contributed by atoms with Crippen LogP contribution in [0.4, 0.5) is 5.69 Å². The fraction of sp³-hybridized carbons (Fsp3) is 0.185. The lowest BCUT2D eigenvalue weighted by Crippen LogP contribution is -2.47. The van der Waals surface area contributed by atoms with E-state index < -0.39 is 36.3 Å². The van der Waals surface area contributed by atoms with Crippen molar-refractivity contribution in [2.45, 2.75) is 26.3 Å². The van der Waals surface area contributed by atoms with Gasteiger partial charge in [0.25, 0.3) is 17.7 Å². The summed E-state index contributed by atoms with van der Waals surface area (Å²) in [5.74, 6) is -2.46. The lowest BCUT2D eigenvalue weighted by Gasteiger charge is -2.24. The summed E-state index contributed by atoms with van der Waals surface area (Å²) in [7, 11) is 0. The van der Waals surface area contributed by atoms with E-state index >= 15 is 0 Å². The van der Waals surface area contributed by atoms with Gasteiger partial charge in [0, 0.05) is 12.1 Å². The first-order chi connectivity index (χ1) is 16.3. The Kier molecular flexibility index (Phi) is 6.54. The van der Waals surface area contributed by atoms with E-state index in [1.807, 2.05) is 32.0 Å². The van der Waals surface area contributed by atoms with Gasteiger partial charge in [-0.25, -0.2) is 4.79 Å². The average Bonchev–Trinajstić information content (AvgIpc) is 3.09. The molecule has 7 nitrogen and oxygen atoms in total. The summed E-state index contributed by atoms with van der Waals surface area (Å²) in [4.78, 5) is 52.4. The first kappa shape index (κ1) is 22.9. The second-order valence-electron chi connectivity index (χ2n) is 8.19. The van der Waals surface area contributed by atoms with Gasteiger partial charge in [-0.3, -0.25) is 19.3 Å². The minimum Gasteiger partial charge on any atom is -0.454 e. The molecular weight excluding hydrogens is 432 g/mol. The van der Waals surface area contributed by atoms with Gasteiger partial charge in [-0.15, -0.1) is 0 Å². The van der Waals surface area contributed by atoms with Crippen LogP contribution >= 0.6 is 0 Å². The molecule has 1 N–H and O–H groups in total. The molecule has 0 unspecified atom stereocenters. The first-order valence-corrected chi connectivity index (χ1v) is 10.9. The Morgan fingerprint density at radius 1 is 0.853 bits per heavy atom. The van der Waals surface area contributed by atoms with Crippen LogP contribution in [0.5, 0.6) is 0 Å². The maximum absolute atomic E-state index is 13.1. The zero-order valence-corrected chi connectivity index (χ0v) is 18.9. The Morgan fingerprint density at radius 3 is 2.09 bits per heavy atom. The summed E-state index contributed by atoms with van der Waals surface area (Å²) in [6.07, 6.45) is 0.0733. The van der Waals surface area contributed by atoms with Gasteiger partial charge in [0.05, 0.1) is 11.1 Å². The molecule has 172 valence electrons. The van der Waals surface area contributed by atoms with E-state index in [1.54, 1.807) is 54.6 Å². The standard InChI is InChI=1S/C27H24N2O5/c1-17-12-13-20(14-18(17)2)28-24(30)16-34-27(33)23(15-19-8-4-3-5-9-19)29-25(31)21-10-6-7-11-22(21)26(29)32/h3-14,23H,15-16H2,1-2H3,(H,28,30)/t23-/m0/s1. The molecule has 3 amide bonds. The number of fused-ring (bicyclic) bond motifs is 1. The van der Waals surface area contributed by atoms with Crippen molar-refractivity contribution in [1.29, 1.82) is 0 Å². The Labute approximate surface area is 197 Å². The van der Waals surface area contributed by atoms with Crippen molar-refractivity contribution in [2.75, 3.05) is 11.9 Å². The molecule has 0 saturated heterocycles. The molecule has 4 rings (SSSR count). The van der Waals surface area contributed by atoms with Gasteiger partial charge < -0.3 is 10.1 Å². The van der Waals surface area contributed by atoms with Crippen molar-refractivity contribution in [3.63, 3.8) is 0 Å². The lowest BCUT2D eigenvalue weighted by atomic mass is 10.0. The predicted molar refractivity (Wildman–Crippen MR) is 126 cm³/mol. The molecule has 0 saturated carbocycles. The summed E-state index contributed by atoms with van der Waals surface area (Å²) < 4.78 is 5.28. The molecule has 1 heterocycles. The molecule has 0 aliphatic carbocycles. The van der Waals surface area contributed by atoms with E-state index in [0.717, 1.165) is 21.6 Å². The van der Waals surface area contributed by atoms with Gasteiger partial charge in [0.2, 0.25) is 0 Å². The number of amides is 3. The smallest absolute Gasteiger partial charge is 0.330 e. The average molecular weight is 456 g/mol. The Hall–Kier alpha value is -4.26. The van der Waals surface area contributed by atoms with E-state index in [-0.39, 0.29) is 17.5 Å². The predicted octanol–water partition coefficient (Wildman–Crippen LogP) is 3.69. The maximum Gasteiger partial charge on any atom is 0.330 e. The van der Waals surface area contributed by atoms with Gasteiger partial charge in [-0.2, -0.15) is 0 Å². The van der Waals surface area contributed by atoms with E-state index in [9.17, 15) is 19.2 Å². The number of benzene rings is 3. The molecule has 0 aromatic heterocycles. The Morgan fingerprint density at radius 2 is 1.47 bits per heavy atom. The minimum atomic E-state index is -1.20. The molecule has 7 heteroatoms. The molecule has 34 heavy (non-hydrogen) atoms. The second kappa shape index (κ2) is 9.70. The number of imide groups is 1. The van der Waals surface area contributed by atoms with Crippen LogP contribution in [0.25, 0.3) is 0 Å². The van der Waals surface area contributed by atoms with Crippen LogP contribution in [0, 0.1) is 13.8 Å². The molecule has 1 atom stereocenters. The highest BCUT2D eigenvalue weighted by atomic mass is 16.5. The largest absolute Gasteiger partial charge is 0.454 e. The Balaban J connectivity index is 1.50. The Bertz CT molecular complexity index is 1230. The fourth-order valence-electron chi connectivity index (χ4n) is 3.86.